The van der Waals surface area contributed by atoms with Crippen LogP contribution in [0.3, 0.4) is 0 Å². The predicted molar refractivity (Wildman–Crippen MR) is 85.1 cm³/mol. The van der Waals surface area contributed by atoms with Crippen LogP contribution in [0.5, 0.6) is 0 Å². The Hall–Kier alpha value is -2.21. The lowest BCUT2D eigenvalue weighted by atomic mass is 10.2. The second-order valence-electron chi connectivity index (χ2n) is 5.33. The van der Waals surface area contributed by atoms with Crippen molar-refractivity contribution in [3.8, 4) is 0 Å². The van der Waals surface area contributed by atoms with Crippen molar-refractivity contribution in [3.05, 3.63) is 41.7 Å². The first-order chi connectivity index (χ1) is 9.92. The molecule has 21 heavy (non-hydrogen) atoms. The normalized spacial score (nSPS) is 11.6. The van der Waals surface area contributed by atoms with Crippen LogP contribution in [0.15, 0.2) is 30.3 Å². The second kappa shape index (κ2) is 6.49. The van der Waals surface area contributed by atoms with Gasteiger partial charge in [-0.25, -0.2) is 4.79 Å². The summed E-state index contributed by atoms with van der Waals surface area (Å²) in [6.45, 7) is 5.42. The summed E-state index contributed by atoms with van der Waals surface area (Å²) in [6.07, 6.45) is 3.18. The van der Waals surface area contributed by atoms with Gasteiger partial charge in [-0.3, -0.25) is 5.32 Å². The summed E-state index contributed by atoms with van der Waals surface area (Å²) < 4.78 is 9.31. The van der Waals surface area contributed by atoms with Crippen molar-refractivity contribution in [2.75, 3.05) is 5.32 Å². The number of rotatable bonds is 3. The largest absolute Gasteiger partial charge is 0.444 e. The minimum atomic E-state index is -0.537. The van der Waals surface area contributed by atoms with Crippen LogP contribution in [0.25, 0.3) is 12.2 Å². The number of carbonyl (C=O) groups excluding carboxylic acids is 1. The fourth-order valence-corrected chi connectivity index (χ4v) is 2.02. The zero-order valence-corrected chi connectivity index (χ0v) is 13.0. The molecule has 1 amide bonds. The monoisotopic (exact) mass is 303 g/mol. The quantitative estimate of drug-likeness (QED) is 0.929. The lowest BCUT2D eigenvalue weighted by Gasteiger charge is -2.18. The van der Waals surface area contributed by atoms with Gasteiger partial charge in [-0.15, -0.1) is 0 Å². The Morgan fingerprint density at radius 3 is 2.62 bits per heavy atom. The summed E-state index contributed by atoms with van der Waals surface area (Å²) >= 11 is 1.11. The summed E-state index contributed by atoms with van der Waals surface area (Å²) in [5.74, 6) is 0.551. The van der Waals surface area contributed by atoms with E-state index in [1.807, 2.05) is 36.4 Å². The first-order valence-electron chi connectivity index (χ1n) is 6.49. The van der Waals surface area contributed by atoms with Gasteiger partial charge in [0, 0.05) is 11.5 Å². The van der Waals surface area contributed by atoms with E-state index in [2.05, 4.69) is 14.7 Å². The van der Waals surface area contributed by atoms with Gasteiger partial charge in [0.15, 0.2) is 5.82 Å². The molecule has 0 saturated heterocycles. The van der Waals surface area contributed by atoms with E-state index in [-0.39, 0.29) is 0 Å². The van der Waals surface area contributed by atoms with E-state index in [1.54, 1.807) is 26.8 Å². The van der Waals surface area contributed by atoms with Crippen molar-refractivity contribution >= 4 is 34.9 Å². The topological polar surface area (TPSA) is 64.1 Å². The van der Waals surface area contributed by atoms with Gasteiger partial charge in [0.05, 0.1) is 0 Å². The van der Waals surface area contributed by atoms with Crippen LogP contribution in [-0.2, 0) is 4.74 Å². The minimum Gasteiger partial charge on any atom is -0.444 e. The number of nitrogens with zero attached hydrogens (tertiary/aromatic N) is 2. The Morgan fingerprint density at radius 2 is 1.95 bits per heavy atom. The van der Waals surface area contributed by atoms with Crippen LogP contribution < -0.4 is 5.32 Å². The number of nitrogens with one attached hydrogen (secondary N) is 1. The van der Waals surface area contributed by atoms with E-state index >= 15 is 0 Å². The third kappa shape index (κ3) is 5.35. The van der Waals surface area contributed by atoms with Crippen molar-refractivity contribution in [1.29, 1.82) is 0 Å². The van der Waals surface area contributed by atoms with Crippen molar-refractivity contribution in [2.24, 2.45) is 0 Å². The molecule has 0 atom stereocenters. The number of anilines is 1. The molecule has 0 spiro atoms. The number of carbonyl (C=O) groups is 1. The van der Waals surface area contributed by atoms with E-state index in [9.17, 15) is 4.79 Å². The molecule has 0 bridgehead atoms. The van der Waals surface area contributed by atoms with Gasteiger partial charge < -0.3 is 4.74 Å². The van der Waals surface area contributed by atoms with E-state index < -0.39 is 11.7 Å². The molecule has 0 fully saturated rings. The summed E-state index contributed by atoms with van der Waals surface area (Å²) in [5.41, 5.74) is 0.527. The molecular formula is C15H17N3O2S. The third-order valence-corrected chi connectivity index (χ3v) is 2.92. The smallest absolute Gasteiger partial charge is 0.414 e. The number of aromatic nitrogens is 2. The number of amides is 1. The van der Waals surface area contributed by atoms with Crippen LogP contribution in [0.2, 0.25) is 0 Å². The Morgan fingerprint density at radius 1 is 1.24 bits per heavy atom. The molecular weight excluding hydrogens is 286 g/mol. The predicted octanol–water partition coefficient (Wildman–Crippen LogP) is 4.06. The molecule has 0 aliphatic heterocycles. The highest BCUT2D eigenvalue weighted by Gasteiger charge is 2.17. The van der Waals surface area contributed by atoms with Crippen molar-refractivity contribution in [1.82, 2.24) is 9.36 Å². The Balaban J connectivity index is 1.96. The molecule has 110 valence electrons. The lowest BCUT2D eigenvalue weighted by Crippen LogP contribution is -2.27. The van der Waals surface area contributed by atoms with E-state index in [0.29, 0.717) is 11.0 Å². The molecule has 0 radical (unpaired) electrons. The van der Waals surface area contributed by atoms with Gasteiger partial charge in [-0.2, -0.15) is 9.36 Å². The molecule has 0 aliphatic rings. The molecule has 5 nitrogen and oxygen atoms in total. The van der Waals surface area contributed by atoms with Crippen molar-refractivity contribution < 1.29 is 9.53 Å². The van der Waals surface area contributed by atoms with Crippen molar-refractivity contribution in [3.63, 3.8) is 0 Å². The molecule has 0 aliphatic carbocycles. The van der Waals surface area contributed by atoms with Crippen molar-refractivity contribution in [2.45, 2.75) is 26.4 Å². The standard InChI is InChI=1S/C15H17N3O2S/c1-15(2,3)20-14(19)17-13-16-12(18-21-13)10-9-11-7-5-4-6-8-11/h4-10H,1-3H3,(H,16,17,18,19). The summed E-state index contributed by atoms with van der Waals surface area (Å²) in [7, 11) is 0. The van der Waals surface area contributed by atoms with Crippen LogP contribution >= 0.6 is 11.5 Å². The van der Waals surface area contributed by atoms with Crippen LogP contribution in [0.1, 0.15) is 32.2 Å². The van der Waals surface area contributed by atoms with Gasteiger partial charge in [0.1, 0.15) is 5.60 Å². The molecule has 6 heteroatoms. The van der Waals surface area contributed by atoms with Gasteiger partial charge in [-0.05, 0) is 32.4 Å². The Bertz CT molecular complexity index is 630. The molecule has 1 aromatic carbocycles. The second-order valence-corrected chi connectivity index (χ2v) is 6.08. The third-order valence-electron chi connectivity index (χ3n) is 2.27. The Kier molecular flexibility index (Phi) is 4.70. The highest BCUT2D eigenvalue weighted by Crippen LogP contribution is 2.15. The van der Waals surface area contributed by atoms with E-state index in [4.69, 9.17) is 4.74 Å². The molecule has 0 saturated carbocycles. The fourth-order valence-electron chi connectivity index (χ4n) is 1.48. The summed E-state index contributed by atoms with van der Waals surface area (Å²) in [6, 6.07) is 9.86. The average molecular weight is 303 g/mol. The van der Waals surface area contributed by atoms with Gasteiger partial charge in [0.2, 0.25) is 5.13 Å². The van der Waals surface area contributed by atoms with Gasteiger partial charge in [-0.1, -0.05) is 36.4 Å². The van der Waals surface area contributed by atoms with Crippen LogP contribution in [0, 0.1) is 0 Å². The van der Waals surface area contributed by atoms with Crippen LogP contribution in [0.4, 0.5) is 9.93 Å². The number of benzene rings is 1. The molecule has 1 heterocycles. The maximum Gasteiger partial charge on any atom is 0.414 e. The zero-order valence-electron chi connectivity index (χ0n) is 12.2. The first kappa shape index (κ1) is 15.2. The lowest BCUT2D eigenvalue weighted by molar-refractivity contribution is 0.0636. The van der Waals surface area contributed by atoms with Gasteiger partial charge >= 0.3 is 6.09 Å². The summed E-state index contributed by atoms with van der Waals surface area (Å²) in [5, 5.41) is 2.98. The number of hydrogen-bond donors (Lipinski definition) is 1. The zero-order chi connectivity index (χ0) is 15.3. The summed E-state index contributed by atoms with van der Waals surface area (Å²) in [4.78, 5) is 15.8. The van der Waals surface area contributed by atoms with E-state index in [0.717, 1.165) is 17.1 Å². The number of ether oxygens (including phenoxy) is 1. The molecule has 2 rings (SSSR count). The minimum absolute atomic E-state index is 0.414. The first-order valence-corrected chi connectivity index (χ1v) is 7.26. The van der Waals surface area contributed by atoms with Crippen LogP contribution in [-0.4, -0.2) is 21.1 Å². The Labute approximate surface area is 127 Å². The SMILES string of the molecule is CC(C)(C)OC(=O)Nc1nc(C=Cc2ccccc2)ns1. The fraction of sp³-hybridized carbons (Fsp3) is 0.267. The molecule has 0 unspecified atom stereocenters. The van der Waals surface area contributed by atoms with Gasteiger partial charge in [0.25, 0.3) is 0 Å². The maximum atomic E-state index is 11.6. The average Bonchev–Trinajstić information content (AvgIpc) is 2.83. The highest BCUT2D eigenvalue weighted by atomic mass is 32.1. The van der Waals surface area contributed by atoms with E-state index in [1.165, 1.54) is 0 Å². The molecule has 1 N–H and O–H groups in total. The molecule has 1 aromatic heterocycles. The number of hydrogen-bond acceptors (Lipinski definition) is 5. The highest BCUT2D eigenvalue weighted by molar-refractivity contribution is 7.09. The maximum absolute atomic E-state index is 11.6. The molecule has 2 aromatic rings.